The van der Waals surface area contributed by atoms with E-state index in [0.717, 1.165) is 5.56 Å². The van der Waals surface area contributed by atoms with Crippen molar-refractivity contribution in [1.82, 2.24) is 9.97 Å². The van der Waals surface area contributed by atoms with E-state index in [0.29, 0.717) is 28.6 Å². The Morgan fingerprint density at radius 3 is 2.18 bits per heavy atom. The molecular formula is C20H19N3O5. The van der Waals surface area contributed by atoms with Gasteiger partial charge in [0.15, 0.2) is 11.5 Å². The maximum Gasteiger partial charge on any atom is 0.346 e. The summed E-state index contributed by atoms with van der Waals surface area (Å²) in [4.78, 5) is 31.0. The third kappa shape index (κ3) is 3.96. The Balaban J connectivity index is 1.94. The van der Waals surface area contributed by atoms with Gasteiger partial charge in [-0.2, -0.15) is 4.98 Å². The molecule has 0 atom stereocenters. The zero-order valence-electron chi connectivity index (χ0n) is 15.6. The molecule has 0 spiro atoms. The summed E-state index contributed by atoms with van der Waals surface area (Å²) < 4.78 is 15.8. The highest BCUT2D eigenvalue weighted by Crippen LogP contribution is 2.40. The molecule has 1 aromatic heterocycles. The molecule has 0 saturated heterocycles. The van der Waals surface area contributed by atoms with Gasteiger partial charge in [0.2, 0.25) is 5.75 Å². The first-order valence-electron chi connectivity index (χ1n) is 8.34. The van der Waals surface area contributed by atoms with Gasteiger partial charge in [-0.1, -0.05) is 30.3 Å². The first-order chi connectivity index (χ1) is 13.5. The number of ether oxygens (including phenoxy) is 3. The molecule has 0 fully saturated rings. The van der Waals surface area contributed by atoms with Crippen LogP contribution in [0.3, 0.4) is 0 Å². The van der Waals surface area contributed by atoms with Gasteiger partial charge in [0.25, 0.3) is 5.91 Å². The molecule has 1 amide bonds. The van der Waals surface area contributed by atoms with Crippen molar-refractivity contribution in [3.05, 3.63) is 64.7 Å². The summed E-state index contributed by atoms with van der Waals surface area (Å²) in [7, 11) is 4.45. The average molecular weight is 381 g/mol. The van der Waals surface area contributed by atoms with Crippen LogP contribution < -0.4 is 25.2 Å². The standard InChI is InChI=1S/C20H19N3O5/c1-26-16-9-13(10-17(27-2)18(16)28-3)21-19(24)15-11-14(22-20(25)23-15)12-7-5-4-6-8-12/h4-11H,1-3H3,(H,21,24)(H,22,23,25). The average Bonchev–Trinajstić information content (AvgIpc) is 2.73. The molecule has 0 aliphatic rings. The van der Waals surface area contributed by atoms with Crippen LogP contribution in [0.4, 0.5) is 5.69 Å². The minimum absolute atomic E-state index is 0.0765. The smallest absolute Gasteiger partial charge is 0.346 e. The van der Waals surface area contributed by atoms with E-state index in [1.54, 1.807) is 12.1 Å². The fourth-order valence-electron chi connectivity index (χ4n) is 2.69. The Kier molecular flexibility index (Phi) is 5.59. The molecule has 0 saturated carbocycles. The summed E-state index contributed by atoms with van der Waals surface area (Å²) in [5.74, 6) is 0.688. The summed E-state index contributed by atoms with van der Waals surface area (Å²) in [5.41, 5.74) is 1.01. The molecule has 2 N–H and O–H groups in total. The predicted molar refractivity (Wildman–Crippen MR) is 104 cm³/mol. The molecule has 0 radical (unpaired) electrons. The second kappa shape index (κ2) is 8.26. The van der Waals surface area contributed by atoms with E-state index in [-0.39, 0.29) is 5.69 Å². The summed E-state index contributed by atoms with van der Waals surface area (Å²) >= 11 is 0. The lowest BCUT2D eigenvalue weighted by Gasteiger charge is -2.14. The molecule has 1 heterocycles. The minimum atomic E-state index is -0.614. The Hall–Kier alpha value is -3.81. The van der Waals surface area contributed by atoms with Gasteiger partial charge in [0.1, 0.15) is 5.69 Å². The summed E-state index contributed by atoms with van der Waals surface area (Å²) in [6.45, 7) is 0. The van der Waals surface area contributed by atoms with Crippen molar-refractivity contribution >= 4 is 11.6 Å². The molecule has 0 unspecified atom stereocenters. The molecule has 3 rings (SSSR count). The fourth-order valence-corrected chi connectivity index (χ4v) is 2.69. The molecule has 28 heavy (non-hydrogen) atoms. The van der Waals surface area contributed by atoms with E-state index in [4.69, 9.17) is 14.2 Å². The van der Waals surface area contributed by atoms with Crippen LogP contribution in [0.5, 0.6) is 17.2 Å². The van der Waals surface area contributed by atoms with E-state index >= 15 is 0 Å². The Bertz CT molecular complexity index is 1020. The normalized spacial score (nSPS) is 10.2. The van der Waals surface area contributed by atoms with Crippen LogP contribution >= 0.6 is 0 Å². The van der Waals surface area contributed by atoms with Crippen LogP contribution in [0.1, 0.15) is 10.5 Å². The van der Waals surface area contributed by atoms with Gasteiger partial charge in [0.05, 0.1) is 27.0 Å². The number of rotatable bonds is 6. The fraction of sp³-hybridized carbons (Fsp3) is 0.150. The summed E-state index contributed by atoms with van der Waals surface area (Å²) in [6.07, 6.45) is 0. The molecular weight excluding hydrogens is 362 g/mol. The van der Waals surface area contributed by atoms with Crippen LogP contribution in [0.2, 0.25) is 0 Å². The van der Waals surface area contributed by atoms with Crippen molar-refractivity contribution in [2.75, 3.05) is 26.6 Å². The number of nitrogens with zero attached hydrogens (tertiary/aromatic N) is 1. The van der Waals surface area contributed by atoms with Gasteiger partial charge >= 0.3 is 5.69 Å². The first-order valence-corrected chi connectivity index (χ1v) is 8.34. The van der Waals surface area contributed by atoms with E-state index in [9.17, 15) is 9.59 Å². The molecule has 0 aliphatic heterocycles. The monoisotopic (exact) mass is 381 g/mol. The number of methoxy groups -OCH3 is 3. The minimum Gasteiger partial charge on any atom is -0.493 e. The number of aromatic nitrogens is 2. The largest absolute Gasteiger partial charge is 0.493 e. The number of nitrogens with one attached hydrogen (secondary N) is 2. The lowest BCUT2D eigenvalue weighted by molar-refractivity contribution is 0.102. The molecule has 8 heteroatoms. The van der Waals surface area contributed by atoms with Crippen molar-refractivity contribution in [1.29, 1.82) is 0 Å². The van der Waals surface area contributed by atoms with Crippen molar-refractivity contribution < 1.29 is 19.0 Å². The van der Waals surface area contributed by atoms with Crippen molar-refractivity contribution in [2.24, 2.45) is 0 Å². The Morgan fingerprint density at radius 2 is 1.61 bits per heavy atom. The van der Waals surface area contributed by atoms with Crippen LogP contribution in [-0.2, 0) is 0 Å². The number of carbonyl (C=O) groups excluding carboxylic acids is 1. The topological polar surface area (TPSA) is 103 Å². The molecule has 0 aliphatic carbocycles. The SMILES string of the molecule is COc1cc(NC(=O)c2cc(-c3ccccc3)nc(=O)[nH]2)cc(OC)c1OC. The van der Waals surface area contributed by atoms with E-state index < -0.39 is 11.6 Å². The number of benzene rings is 2. The number of amides is 1. The zero-order valence-corrected chi connectivity index (χ0v) is 15.6. The van der Waals surface area contributed by atoms with Gasteiger partial charge < -0.3 is 24.5 Å². The summed E-state index contributed by atoms with van der Waals surface area (Å²) in [5, 5.41) is 2.71. The molecule has 0 bridgehead atoms. The molecule has 2 aromatic carbocycles. The lowest BCUT2D eigenvalue weighted by Crippen LogP contribution is -2.21. The van der Waals surface area contributed by atoms with Gasteiger partial charge in [-0.05, 0) is 6.07 Å². The van der Waals surface area contributed by atoms with Crippen molar-refractivity contribution in [3.63, 3.8) is 0 Å². The van der Waals surface area contributed by atoms with E-state index in [1.165, 1.54) is 27.4 Å². The van der Waals surface area contributed by atoms with E-state index in [2.05, 4.69) is 15.3 Å². The second-order valence-corrected chi connectivity index (χ2v) is 5.72. The van der Waals surface area contributed by atoms with Gasteiger partial charge in [-0.15, -0.1) is 0 Å². The number of hydrogen-bond acceptors (Lipinski definition) is 6. The molecule has 144 valence electrons. The van der Waals surface area contributed by atoms with Gasteiger partial charge in [0, 0.05) is 23.4 Å². The van der Waals surface area contributed by atoms with Crippen LogP contribution in [0.25, 0.3) is 11.3 Å². The third-order valence-corrected chi connectivity index (χ3v) is 3.98. The Labute approximate surface area is 161 Å². The highest BCUT2D eigenvalue weighted by molar-refractivity contribution is 6.03. The Morgan fingerprint density at radius 1 is 0.964 bits per heavy atom. The van der Waals surface area contributed by atoms with Crippen LogP contribution in [-0.4, -0.2) is 37.2 Å². The van der Waals surface area contributed by atoms with Crippen molar-refractivity contribution in [2.45, 2.75) is 0 Å². The maximum atomic E-state index is 12.7. The quantitative estimate of drug-likeness (QED) is 0.681. The van der Waals surface area contributed by atoms with Crippen LogP contribution in [0, 0.1) is 0 Å². The van der Waals surface area contributed by atoms with Crippen molar-refractivity contribution in [3.8, 4) is 28.5 Å². The number of aromatic amines is 1. The molecule has 8 nitrogen and oxygen atoms in total. The predicted octanol–water partition coefficient (Wildman–Crippen LogP) is 2.71. The van der Waals surface area contributed by atoms with E-state index in [1.807, 2.05) is 30.3 Å². The lowest BCUT2D eigenvalue weighted by atomic mass is 10.1. The van der Waals surface area contributed by atoms with Gasteiger partial charge in [-0.3, -0.25) is 4.79 Å². The van der Waals surface area contributed by atoms with Crippen LogP contribution in [0.15, 0.2) is 53.3 Å². The maximum absolute atomic E-state index is 12.7. The number of H-pyrrole nitrogens is 1. The number of carbonyl (C=O) groups is 1. The highest BCUT2D eigenvalue weighted by Gasteiger charge is 2.16. The highest BCUT2D eigenvalue weighted by atomic mass is 16.5. The number of anilines is 1. The van der Waals surface area contributed by atoms with Gasteiger partial charge in [-0.25, -0.2) is 4.79 Å². The first kappa shape index (κ1) is 19.0. The number of hydrogen-bond donors (Lipinski definition) is 2. The summed E-state index contributed by atoms with van der Waals surface area (Å²) in [6, 6.07) is 13.8. The molecule has 3 aromatic rings. The second-order valence-electron chi connectivity index (χ2n) is 5.72. The third-order valence-electron chi connectivity index (χ3n) is 3.98. The zero-order chi connectivity index (χ0) is 20.1.